The molecule has 21 heavy (non-hydrogen) atoms. The maximum atomic E-state index is 12.0. The molecule has 6 heteroatoms. The zero-order valence-corrected chi connectivity index (χ0v) is 12.4. The van der Waals surface area contributed by atoms with Crippen LogP contribution in [0.4, 0.5) is 0 Å². The molecule has 0 radical (unpaired) electrons. The van der Waals surface area contributed by atoms with Gasteiger partial charge in [-0.25, -0.2) is 0 Å². The number of ether oxygens (including phenoxy) is 1. The SMILES string of the molecule is COC(=O)CCNC(=O)C(C)NC(=O)c1cccc(C)c1. The molecule has 0 spiro atoms. The van der Waals surface area contributed by atoms with E-state index in [9.17, 15) is 14.4 Å². The van der Waals surface area contributed by atoms with Crippen LogP contribution < -0.4 is 10.6 Å². The Kier molecular flexibility index (Phi) is 6.39. The van der Waals surface area contributed by atoms with Crippen molar-refractivity contribution in [3.8, 4) is 0 Å². The van der Waals surface area contributed by atoms with Crippen molar-refractivity contribution in [2.75, 3.05) is 13.7 Å². The lowest BCUT2D eigenvalue weighted by Gasteiger charge is -2.14. The van der Waals surface area contributed by atoms with Crippen molar-refractivity contribution in [2.24, 2.45) is 0 Å². The molecule has 1 aromatic rings. The highest BCUT2D eigenvalue weighted by molar-refractivity contribution is 5.97. The van der Waals surface area contributed by atoms with Gasteiger partial charge in [0.1, 0.15) is 6.04 Å². The van der Waals surface area contributed by atoms with Gasteiger partial charge in [0.15, 0.2) is 0 Å². The van der Waals surface area contributed by atoms with Gasteiger partial charge in [0, 0.05) is 12.1 Å². The van der Waals surface area contributed by atoms with Crippen LogP contribution in [-0.2, 0) is 14.3 Å². The zero-order valence-electron chi connectivity index (χ0n) is 12.4. The fourth-order valence-electron chi connectivity index (χ4n) is 1.67. The molecule has 0 heterocycles. The number of amides is 2. The summed E-state index contributed by atoms with van der Waals surface area (Å²) in [6, 6.07) is 6.42. The quantitative estimate of drug-likeness (QED) is 0.759. The first-order valence-electron chi connectivity index (χ1n) is 6.66. The number of rotatable bonds is 6. The van der Waals surface area contributed by atoms with E-state index in [1.54, 1.807) is 25.1 Å². The summed E-state index contributed by atoms with van der Waals surface area (Å²) in [6.07, 6.45) is 0.0980. The molecule has 2 amide bonds. The van der Waals surface area contributed by atoms with Crippen LogP contribution in [0, 0.1) is 6.92 Å². The number of hydrogen-bond donors (Lipinski definition) is 2. The topological polar surface area (TPSA) is 84.5 Å². The van der Waals surface area contributed by atoms with Crippen molar-refractivity contribution < 1.29 is 19.1 Å². The molecule has 0 bridgehead atoms. The number of benzene rings is 1. The summed E-state index contributed by atoms with van der Waals surface area (Å²) in [7, 11) is 1.29. The molecule has 114 valence electrons. The lowest BCUT2D eigenvalue weighted by atomic mass is 10.1. The Morgan fingerprint density at radius 1 is 1.29 bits per heavy atom. The van der Waals surface area contributed by atoms with Gasteiger partial charge in [0.05, 0.1) is 13.5 Å². The van der Waals surface area contributed by atoms with Crippen molar-refractivity contribution >= 4 is 17.8 Å². The second-order valence-corrected chi connectivity index (χ2v) is 4.68. The number of esters is 1. The first-order chi connectivity index (χ1) is 9.93. The largest absolute Gasteiger partial charge is 0.469 e. The number of nitrogens with one attached hydrogen (secondary N) is 2. The van der Waals surface area contributed by atoms with Gasteiger partial charge >= 0.3 is 5.97 Å². The zero-order chi connectivity index (χ0) is 15.8. The molecule has 2 N–H and O–H groups in total. The third-order valence-corrected chi connectivity index (χ3v) is 2.88. The summed E-state index contributed by atoms with van der Waals surface area (Å²) >= 11 is 0. The minimum absolute atomic E-state index is 0.0980. The maximum Gasteiger partial charge on any atom is 0.307 e. The van der Waals surface area contributed by atoms with Crippen LogP contribution in [0.3, 0.4) is 0 Å². The van der Waals surface area contributed by atoms with Gasteiger partial charge in [-0.2, -0.15) is 0 Å². The Bertz CT molecular complexity index is 528. The molecule has 1 aromatic carbocycles. The highest BCUT2D eigenvalue weighted by atomic mass is 16.5. The van der Waals surface area contributed by atoms with Crippen molar-refractivity contribution in [1.82, 2.24) is 10.6 Å². The van der Waals surface area contributed by atoms with Crippen LogP contribution in [0.5, 0.6) is 0 Å². The third kappa shape index (κ3) is 5.64. The van der Waals surface area contributed by atoms with Crippen LogP contribution >= 0.6 is 0 Å². The maximum absolute atomic E-state index is 12.0. The van der Waals surface area contributed by atoms with Gasteiger partial charge in [0.2, 0.25) is 5.91 Å². The number of hydrogen-bond acceptors (Lipinski definition) is 4. The van der Waals surface area contributed by atoms with Gasteiger partial charge in [0.25, 0.3) is 5.91 Å². The molecule has 0 saturated heterocycles. The normalized spacial score (nSPS) is 11.4. The van der Waals surface area contributed by atoms with Crippen molar-refractivity contribution in [1.29, 1.82) is 0 Å². The standard InChI is InChI=1S/C15H20N2O4/c1-10-5-4-6-12(9-10)15(20)17-11(2)14(19)16-8-7-13(18)21-3/h4-6,9,11H,7-8H2,1-3H3,(H,16,19)(H,17,20). The molecule has 1 rings (SSSR count). The number of aryl methyl sites for hydroxylation is 1. The van der Waals surface area contributed by atoms with E-state index in [0.717, 1.165) is 5.56 Å². The first kappa shape index (κ1) is 16.7. The van der Waals surface area contributed by atoms with E-state index in [0.29, 0.717) is 5.56 Å². The molecule has 1 atom stereocenters. The first-order valence-corrected chi connectivity index (χ1v) is 6.66. The second kappa shape index (κ2) is 8.04. The molecule has 0 aromatic heterocycles. The van der Waals surface area contributed by atoms with E-state index in [1.807, 2.05) is 13.0 Å². The lowest BCUT2D eigenvalue weighted by molar-refractivity contribution is -0.140. The van der Waals surface area contributed by atoms with Crippen LogP contribution in [0.15, 0.2) is 24.3 Å². The predicted octanol–water partition coefficient (Wildman–Crippen LogP) is 0.793. The minimum atomic E-state index is -0.685. The number of methoxy groups -OCH3 is 1. The van der Waals surface area contributed by atoms with Crippen molar-refractivity contribution in [3.05, 3.63) is 35.4 Å². The summed E-state index contributed by atoms with van der Waals surface area (Å²) in [6.45, 7) is 3.65. The molecule has 0 aliphatic rings. The third-order valence-electron chi connectivity index (χ3n) is 2.88. The summed E-state index contributed by atoms with van der Waals surface area (Å²) in [4.78, 5) is 34.7. The summed E-state index contributed by atoms with van der Waals surface area (Å²) in [5, 5.41) is 5.17. The fraction of sp³-hybridized carbons (Fsp3) is 0.400. The lowest BCUT2D eigenvalue weighted by Crippen LogP contribution is -2.45. The van der Waals surface area contributed by atoms with Crippen LogP contribution in [0.1, 0.15) is 29.3 Å². The van der Waals surface area contributed by atoms with E-state index in [4.69, 9.17) is 0 Å². The minimum Gasteiger partial charge on any atom is -0.469 e. The monoisotopic (exact) mass is 292 g/mol. The van der Waals surface area contributed by atoms with Gasteiger partial charge in [-0.1, -0.05) is 17.7 Å². The Morgan fingerprint density at radius 2 is 2.00 bits per heavy atom. The Labute approximate surface area is 123 Å². The molecule has 0 fully saturated rings. The van der Waals surface area contributed by atoms with Gasteiger partial charge in [-0.3, -0.25) is 14.4 Å². The summed E-state index contributed by atoms with van der Waals surface area (Å²) < 4.78 is 4.47. The summed E-state index contributed by atoms with van der Waals surface area (Å²) in [5.74, 6) is -1.05. The van der Waals surface area contributed by atoms with E-state index >= 15 is 0 Å². The summed E-state index contributed by atoms with van der Waals surface area (Å²) in [5.41, 5.74) is 1.47. The van der Waals surface area contributed by atoms with Crippen LogP contribution in [-0.4, -0.2) is 37.5 Å². The van der Waals surface area contributed by atoms with E-state index in [1.165, 1.54) is 7.11 Å². The van der Waals surface area contributed by atoms with E-state index in [-0.39, 0.29) is 24.8 Å². The molecule has 6 nitrogen and oxygen atoms in total. The molecule has 0 aliphatic carbocycles. The number of carbonyl (C=O) groups is 3. The van der Waals surface area contributed by atoms with Gasteiger partial charge in [-0.05, 0) is 26.0 Å². The van der Waals surface area contributed by atoms with Crippen LogP contribution in [0.2, 0.25) is 0 Å². The van der Waals surface area contributed by atoms with Crippen LogP contribution in [0.25, 0.3) is 0 Å². The van der Waals surface area contributed by atoms with Gasteiger partial charge < -0.3 is 15.4 Å². The molecule has 1 unspecified atom stereocenters. The second-order valence-electron chi connectivity index (χ2n) is 4.68. The highest BCUT2D eigenvalue weighted by Gasteiger charge is 2.16. The van der Waals surface area contributed by atoms with E-state index in [2.05, 4.69) is 15.4 Å². The Balaban J connectivity index is 2.45. The van der Waals surface area contributed by atoms with Crippen molar-refractivity contribution in [2.45, 2.75) is 26.3 Å². The molecule has 0 saturated carbocycles. The Morgan fingerprint density at radius 3 is 2.62 bits per heavy atom. The smallest absolute Gasteiger partial charge is 0.307 e. The molecular formula is C15H20N2O4. The van der Waals surface area contributed by atoms with Gasteiger partial charge in [-0.15, -0.1) is 0 Å². The average molecular weight is 292 g/mol. The molecular weight excluding hydrogens is 272 g/mol. The predicted molar refractivity (Wildman–Crippen MR) is 77.7 cm³/mol. The average Bonchev–Trinajstić information content (AvgIpc) is 2.46. The fourth-order valence-corrected chi connectivity index (χ4v) is 1.67. The number of carbonyl (C=O) groups excluding carboxylic acids is 3. The van der Waals surface area contributed by atoms with E-state index < -0.39 is 12.0 Å². The highest BCUT2D eigenvalue weighted by Crippen LogP contribution is 2.04. The molecule has 0 aliphatic heterocycles. The Hall–Kier alpha value is -2.37. The van der Waals surface area contributed by atoms with Crippen molar-refractivity contribution in [3.63, 3.8) is 0 Å².